The first-order chi connectivity index (χ1) is 14.7. The summed E-state index contributed by atoms with van der Waals surface area (Å²) in [7, 11) is 0. The summed E-state index contributed by atoms with van der Waals surface area (Å²) in [6.45, 7) is 2.18. The second-order valence-electron chi connectivity index (χ2n) is 7.67. The topological polar surface area (TPSA) is 42.1 Å². The van der Waals surface area contributed by atoms with Crippen molar-refractivity contribution in [1.82, 2.24) is 4.37 Å². The van der Waals surface area contributed by atoms with Crippen LogP contribution in [-0.4, -0.2) is 4.37 Å². The number of nitrogens with one attached hydrogen (secondary N) is 1. The van der Waals surface area contributed by atoms with Gasteiger partial charge in [-0.05, 0) is 76.9 Å². The molecule has 1 aliphatic carbocycles. The number of aryl methyl sites for hydroxylation is 1. The molecule has 3 aromatic carbocycles. The van der Waals surface area contributed by atoms with Crippen LogP contribution in [0.15, 0.2) is 77.6 Å². The van der Waals surface area contributed by atoms with Gasteiger partial charge in [-0.2, -0.15) is 0 Å². The zero-order valence-corrected chi connectivity index (χ0v) is 17.7. The highest BCUT2D eigenvalue weighted by Gasteiger charge is 2.26. The van der Waals surface area contributed by atoms with E-state index in [0.29, 0.717) is 0 Å². The number of H-pyrrole nitrogens is 1. The number of fused-ring (bicyclic) bond motifs is 1. The van der Waals surface area contributed by atoms with Crippen molar-refractivity contribution in [2.75, 3.05) is 0 Å². The van der Waals surface area contributed by atoms with Gasteiger partial charge in [0.25, 0.3) is 5.56 Å². The average Bonchev–Trinajstić information content (AvgIpc) is 3.41. The summed E-state index contributed by atoms with van der Waals surface area (Å²) in [4.78, 5) is 12.3. The van der Waals surface area contributed by atoms with Crippen LogP contribution in [0.1, 0.15) is 36.1 Å². The van der Waals surface area contributed by atoms with Crippen molar-refractivity contribution in [3.8, 4) is 27.3 Å². The zero-order chi connectivity index (χ0) is 20.5. The lowest BCUT2D eigenvalue weighted by Gasteiger charge is -2.16. The second-order valence-corrected chi connectivity index (χ2v) is 8.52. The van der Waals surface area contributed by atoms with Crippen LogP contribution in [0.4, 0.5) is 0 Å². The molecule has 150 valence electrons. The van der Waals surface area contributed by atoms with Gasteiger partial charge in [0.2, 0.25) is 0 Å². The molecule has 4 aromatic rings. The van der Waals surface area contributed by atoms with Crippen LogP contribution < -0.4 is 10.3 Å². The van der Waals surface area contributed by atoms with Gasteiger partial charge >= 0.3 is 0 Å². The standard InChI is InChI=1S/C26H23NO2S/c1-2-17-6-8-18(9-7-17)21-4-3-5-23-22(21)14-15-24(23)29-20-12-10-19(11-13-20)25-16-26(28)27-30-25/h3-13,16,24H,2,14-15H2,1H3,(H,27,28)/t24-/m1/s1. The van der Waals surface area contributed by atoms with Crippen LogP contribution >= 0.6 is 11.5 Å². The third-order valence-electron chi connectivity index (χ3n) is 5.83. The average molecular weight is 414 g/mol. The van der Waals surface area contributed by atoms with E-state index in [1.54, 1.807) is 6.07 Å². The molecule has 0 bridgehead atoms. The Hall–Kier alpha value is -3.11. The number of aromatic nitrogens is 1. The van der Waals surface area contributed by atoms with E-state index in [4.69, 9.17) is 4.74 Å². The highest BCUT2D eigenvalue weighted by atomic mass is 32.1. The van der Waals surface area contributed by atoms with Gasteiger partial charge in [0.1, 0.15) is 11.9 Å². The number of benzene rings is 3. The molecule has 1 aliphatic rings. The molecule has 0 radical (unpaired) electrons. The number of hydrogen-bond donors (Lipinski definition) is 1. The molecule has 3 nitrogen and oxygen atoms in total. The van der Waals surface area contributed by atoms with E-state index in [0.717, 1.165) is 35.5 Å². The molecule has 1 heterocycles. The van der Waals surface area contributed by atoms with E-state index >= 15 is 0 Å². The molecule has 0 spiro atoms. The lowest BCUT2D eigenvalue weighted by atomic mass is 9.96. The molecule has 1 atom stereocenters. The van der Waals surface area contributed by atoms with Gasteiger partial charge in [0, 0.05) is 6.07 Å². The number of aromatic amines is 1. The van der Waals surface area contributed by atoms with Crippen LogP contribution in [0.2, 0.25) is 0 Å². The maximum absolute atomic E-state index is 11.4. The van der Waals surface area contributed by atoms with E-state index in [2.05, 4.69) is 53.8 Å². The summed E-state index contributed by atoms with van der Waals surface area (Å²) in [5, 5.41) is 0. The minimum Gasteiger partial charge on any atom is -0.486 e. The Kier molecular flexibility index (Phi) is 5.01. The highest BCUT2D eigenvalue weighted by Crippen LogP contribution is 2.40. The van der Waals surface area contributed by atoms with Gasteiger partial charge in [-0.1, -0.05) is 60.9 Å². The van der Waals surface area contributed by atoms with E-state index < -0.39 is 0 Å². The number of rotatable bonds is 5. The van der Waals surface area contributed by atoms with Crippen molar-refractivity contribution < 1.29 is 4.74 Å². The Morgan fingerprint density at radius 2 is 1.77 bits per heavy atom. The SMILES string of the molecule is CCc1ccc(-c2cccc3c2CC[C@H]3Oc2ccc(-c3cc(=O)[nH]s3)cc2)cc1. The summed E-state index contributed by atoms with van der Waals surface area (Å²) in [5.41, 5.74) is 7.62. The highest BCUT2D eigenvalue weighted by molar-refractivity contribution is 7.09. The summed E-state index contributed by atoms with van der Waals surface area (Å²) >= 11 is 1.36. The molecule has 5 rings (SSSR count). The fourth-order valence-corrected chi connectivity index (χ4v) is 4.91. The first-order valence-electron chi connectivity index (χ1n) is 10.4. The van der Waals surface area contributed by atoms with E-state index in [1.807, 2.05) is 24.3 Å². The summed E-state index contributed by atoms with van der Waals surface area (Å²) < 4.78 is 9.09. The smallest absolute Gasteiger partial charge is 0.258 e. The molecule has 1 aromatic heterocycles. The van der Waals surface area contributed by atoms with E-state index in [1.165, 1.54) is 39.3 Å². The molecule has 4 heteroatoms. The van der Waals surface area contributed by atoms with Crippen molar-refractivity contribution in [3.63, 3.8) is 0 Å². The van der Waals surface area contributed by atoms with E-state index in [-0.39, 0.29) is 11.7 Å². The molecule has 0 amide bonds. The fourth-order valence-electron chi connectivity index (χ4n) is 4.22. The Labute approximate surface area is 180 Å². The molecule has 1 N–H and O–H groups in total. The van der Waals surface area contributed by atoms with Crippen LogP contribution in [0.5, 0.6) is 5.75 Å². The fraction of sp³-hybridized carbons (Fsp3) is 0.192. The second kappa shape index (κ2) is 7.96. The third kappa shape index (κ3) is 3.59. The van der Waals surface area contributed by atoms with Crippen molar-refractivity contribution in [2.45, 2.75) is 32.3 Å². The quantitative estimate of drug-likeness (QED) is 0.411. The largest absolute Gasteiger partial charge is 0.486 e. The van der Waals surface area contributed by atoms with E-state index in [9.17, 15) is 4.79 Å². The Morgan fingerprint density at radius 1 is 1.00 bits per heavy atom. The first kappa shape index (κ1) is 18.9. The minimum absolute atomic E-state index is 0.0574. The molecule has 0 aliphatic heterocycles. The van der Waals surface area contributed by atoms with Gasteiger partial charge in [-0.25, -0.2) is 0 Å². The monoisotopic (exact) mass is 413 g/mol. The predicted molar refractivity (Wildman–Crippen MR) is 123 cm³/mol. The lowest BCUT2D eigenvalue weighted by Crippen LogP contribution is -2.03. The van der Waals surface area contributed by atoms with Crippen LogP contribution in [0, 0.1) is 0 Å². The normalized spacial score (nSPS) is 15.2. The van der Waals surface area contributed by atoms with Gasteiger partial charge in [-0.3, -0.25) is 9.17 Å². The van der Waals surface area contributed by atoms with Gasteiger partial charge in [0.15, 0.2) is 0 Å². The van der Waals surface area contributed by atoms with Crippen LogP contribution in [0.25, 0.3) is 21.6 Å². The number of hydrogen-bond acceptors (Lipinski definition) is 3. The molecule has 0 saturated heterocycles. The molecule has 0 fully saturated rings. The molecular formula is C26H23NO2S. The minimum atomic E-state index is -0.0574. The van der Waals surface area contributed by atoms with Crippen molar-refractivity contribution in [3.05, 3.63) is 99.8 Å². The number of ether oxygens (including phenoxy) is 1. The molecule has 0 saturated carbocycles. The van der Waals surface area contributed by atoms with Crippen LogP contribution in [-0.2, 0) is 12.8 Å². The first-order valence-corrected chi connectivity index (χ1v) is 11.2. The summed E-state index contributed by atoms with van der Waals surface area (Å²) in [6.07, 6.45) is 3.15. The predicted octanol–water partition coefficient (Wildman–Crippen LogP) is 6.40. The Morgan fingerprint density at radius 3 is 2.47 bits per heavy atom. The van der Waals surface area contributed by atoms with Crippen LogP contribution in [0.3, 0.4) is 0 Å². The van der Waals surface area contributed by atoms with Crippen molar-refractivity contribution in [1.29, 1.82) is 0 Å². The third-order valence-corrected chi connectivity index (χ3v) is 6.71. The summed E-state index contributed by atoms with van der Waals surface area (Å²) in [5.74, 6) is 0.859. The van der Waals surface area contributed by atoms with Gasteiger partial charge < -0.3 is 4.74 Å². The van der Waals surface area contributed by atoms with Gasteiger partial charge in [-0.15, -0.1) is 0 Å². The van der Waals surface area contributed by atoms with Gasteiger partial charge in [0.05, 0.1) is 4.88 Å². The van der Waals surface area contributed by atoms with Crippen molar-refractivity contribution in [2.24, 2.45) is 0 Å². The molecule has 30 heavy (non-hydrogen) atoms. The zero-order valence-electron chi connectivity index (χ0n) is 16.9. The summed E-state index contributed by atoms with van der Waals surface area (Å²) in [6, 6.07) is 25.1. The maximum atomic E-state index is 11.4. The lowest BCUT2D eigenvalue weighted by molar-refractivity contribution is 0.207. The Balaban J connectivity index is 1.38. The maximum Gasteiger partial charge on any atom is 0.258 e. The Bertz CT molecular complexity index is 1220. The molecular weight excluding hydrogens is 390 g/mol. The molecule has 0 unspecified atom stereocenters. The van der Waals surface area contributed by atoms with Crippen molar-refractivity contribution >= 4 is 11.5 Å².